The van der Waals surface area contributed by atoms with Crippen molar-refractivity contribution in [1.29, 1.82) is 0 Å². The monoisotopic (exact) mass is 496 g/mol. The Kier molecular flexibility index (Phi) is 11.5. The number of benzene rings is 1. The van der Waals surface area contributed by atoms with E-state index in [-0.39, 0.29) is 19.8 Å². The highest BCUT2D eigenvalue weighted by atomic mass is 16.6. The molecule has 1 aromatic carbocycles. The first-order valence-corrected chi connectivity index (χ1v) is 11.1. The summed E-state index contributed by atoms with van der Waals surface area (Å²) in [7, 11) is 1.15. The van der Waals surface area contributed by atoms with Crippen LogP contribution in [0, 0.1) is 0 Å². The Hall–Kier alpha value is -3.34. The smallest absolute Gasteiger partial charge is 0.408 e. The number of hydrogen-bond donors (Lipinski definition) is 2. The molecule has 0 bridgehead atoms. The third kappa shape index (κ3) is 13.2. The maximum absolute atomic E-state index is 12.6. The first kappa shape index (κ1) is 29.7. The molecule has 2 N–H and O–H groups in total. The highest BCUT2D eigenvalue weighted by Crippen LogP contribution is 2.10. The van der Waals surface area contributed by atoms with E-state index in [2.05, 4.69) is 15.4 Å². The maximum Gasteiger partial charge on any atom is 0.408 e. The summed E-state index contributed by atoms with van der Waals surface area (Å²) in [6.07, 6.45) is -1.70. The fraction of sp³-hybridized carbons (Fsp3) is 0.583. The Morgan fingerprint density at radius 1 is 0.771 bits per heavy atom. The maximum atomic E-state index is 12.6. The molecule has 11 heteroatoms. The summed E-state index contributed by atoms with van der Waals surface area (Å²) in [5.74, 6) is -1.54. The molecule has 0 radical (unpaired) electrons. The minimum Gasteiger partial charge on any atom is -0.467 e. The molecule has 0 heterocycles. The number of ether oxygens (including phenoxy) is 5. The van der Waals surface area contributed by atoms with Crippen LogP contribution < -0.4 is 10.6 Å². The van der Waals surface area contributed by atoms with Crippen LogP contribution in [0.4, 0.5) is 9.59 Å². The number of nitrogens with one attached hydrogen (secondary N) is 2. The molecule has 1 aromatic rings. The molecule has 2 atom stereocenters. The number of amides is 2. The van der Waals surface area contributed by atoms with Gasteiger partial charge >= 0.3 is 24.1 Å². The van der Waals surface area contributed by atoms with Gasteiger partial charge in [-0.05, 0) is 47.1 Å². The molecule has 0 fully saturated rings. The van der Waals surface area contributed by atoms with Gasteiger partial charge in [0, 0.05) is 0 Å². The molecule has 0 spiro atoms. The van der Waals surface area contributed by atoms with Crippen LogP contribution >= 0.6 is 0 Å². The van der Waals surface area contributed by atoms with Crippen LogP contribution in [-0.4, -0.2) is 67.7 Å². The van der Waals surface area contributed by atoms with Crippen LogP contribution in [0.25, 0.3) is 0 Å². The Bertz CT molecular complexity index is 845. The number of esters is 2. The number of carbonyl (C=O) groups excluding carboxylic acids is 4. The molecule has 0 aliphatic carbocycles. The molecule has 2 amide bonds. The average molecular weight is 497 g/mol. The van der Waals surface area contributed by atoms with Crippen molar-refractivity contribution in [1.82, 2.24) is 10.6 Å². The fourth-order valence-corrected chi connectivity index (χ4v) is 2.51. The second-order valence-corrected chi connectivity index (χ2v) is 9.55. The molecule has 1 rings (SSSR count). The van der Waals surface area contributed by atoms with Gasteiger partial charge in [-0.1, -0.05) is 30.3 Å². The van der Waals surface area contributed by atoms with Crippen molar-refractivity contribution in [2.45, 2.75) is 71.4 Å². The molecular formula is C24H36N2O9. The first-order valence-electron chi connectivity index (χ1n) is 11.1. The van der Waals surface area contributed by atoms with Crippen molar-refractivity contribution >= 4 is 24.1 Å². The number of carbonyl (C=O) groups is 4. The van der Waals surface area contributed by atoms with Crippen molar-refractivity contribution in [3.63, 3.8) is 0 Å². The molecule has 0 aliphatic rings. The summed E-state index contributed by atoms with van der Waals surface area (Å²) in [6, 6.07) is 6.56. The van der Waals surface area contributed by atoms with Crippen molar-refractivity contribution in [3.05, 3.63) is 35.9 Å². The summed E-state index contributed by atoms with van der Waals surface area (Å²) in [5.41, 5.74) is -0.836. The lowest BCUT2D eigenvalue weighted by Gasteiger charge is -2.25. The topological polar surface area (TPSA) is 138 Å². The molecule has 0 aromatic heterocycles. The Labute approximate surface area is 205 Å². The zero-order valence-electron chi connectivity index (χ0n) is 21.3. The van der Waals surface area contributed by atoms with Crippen LogP contribution in [0.5, 0.6) is 0 Å². The third-order valence-electron chi connectivity index (χ3n) is 3.94. The van der Waals surface area contributed by atoms with E-state index in [1.54, 1.807) is 65.8 Å². The molecule has 2 unspecified atom stereocenters. The van der Waals surface area contributed by atoms with E-state index in [0.717, 1.165) is 12.7 Å². The van der Waals surface area contributed by atoms with Gasteiger partial charge in [0.25, 0.3) is 0 Å². The van der Waals surface area contributed by atoms with Crippen LogP contribution in [0.2, 0.25) is 0 Å². The van der Waals surface area contributed by atoms with Crippen LogP contribution in [0.1, 0.15) is 47.1 Å². The van der Waals surface area contributed by atoms with Gasteiger partial charge in [0.15, 0.2) is 12.1 Å². The van der Waals surface area contributed by atoms with Crippen molar-refractivity contribution < 1.29 is 42.9 Å². The Morgan fingerprint density at radius 3 is 1.80 bits per heavy atom. The first-order chi connectivity index (χ1) is 16.2. The van der Waals surface area contributed by atoms with E-state index in [0.29, 0.717) is 0 Å². The van der Waals surface area contributed by atoms with Gasteiger partial charge in [0.05, 0.1) is 20.3 Å². The lowest BCUT2D eigenvalue weighted by atomic mass is 10.2. The molecule has 0 aliphatic heterocycles. The largest absolute Gasteiger partial charge is 0.467 e. The normalized spacial score (nSPS) is 13.1. The molecule has 35 heavy (non-hydrogen) atoms. The van der Waals surface area contributed by atoms with E-state index in [9.17, 15) is 19.2 Å². The number of rotatable bonds is 10. The predicted molar refractivity (Wildman–Crippen MR) is 125 cm³/mol. The van der Waals surface area contributed by atoms with Gasteiger partial charge in [-0.2, -0.15) is 0 Å². The van der Waals surface area contributed by atoms with E-state index >= 15 is 0 Å². The van der Waals surface area contributed by atoms with Gasteiger partial charge < -0.3 is 34.3 Å². The highest BCUT2D eigenvalue weighted by molar-refractivity contribution is 5.82. The summed E-state index contributed by atoms with van der Waals surface area (Å²) in [6.45, 7) is 9.32. The highest BCUT2D eigenvalue weighted by Gasteiger charge is 2.30. The van der Waals surface area contributed by atoms with E-state index < -0.39 is 47.4 Å². The summed E-state index contributed by atoms with van der Waals surface area (Å²) in [5, 5.41) is 4.77. The van der Waals surface area contributed by atoms with Gasteiger partial charge in [-0.3, -0.25) is 0 Å². The van der Waals surface area contributed by atoms with Gasteiger partial charge in [-0.15, -0.1) is 0 Å². The van der Waals surface area contributed by atoms with E-state index in [1.807, 2.05) is 6.07 Å². The van der Waals surface area contributed by atoms with Crippen molar-refractivity contribution in [2.75, 3.05) is 20.3 Å². The third-order valence-corrected chi connectivity index (χ3v) is 3.94. The number of methoxy groups -OCH3 is 1. The zero-order valence-corrected chi connectivity index (χ0v) is 21.3. The minimum atomic E-state index is -1.24. The summed E-state index contributed by atoms with van der Waals surface area (Å²) in [4.78, 5) is 49.0. The summed E-state index contributed by atoms with van der Waals surface area (Å²) >= 11 is 0. The second-order valence-electron chi connectivity index (χ2n) is 9.55. The second kappa shape index (κ2) is 13.5. The lowest BCUT2D eigenvalue weighted by molar-refractivity contribution is -0.159. The number of alkyl carbamates (subject to hydrolysis) is 2. The summed E-state index contributed by atoms with van der Waals surface area (Å²) < 4.78 is 25.8. The molecule has 0 saturated heterocycles. The minimum absolute atomic E-state index is 0.00120. The molecule has 0 saturated carbocycles. The number of hydrogen-bond acceptors (Lipinski definition) is 9. The van der Waals surface area contributed by atoms with Crippen LogP contribution in [-0.2, 0) is 39.9 Å². The Morgan fingerprint density at radius 2 is 1.29 bits per heavy atom. The van der Waals surface area contributed by atoms with Gasteiger partial charge in [0.2, 0.25) is 0 Å². The standard InChI is InChI=1S/C24H36N2O9/c1-23(2,3)34-20(28)18(25-21(29)33-13-16-11-9-8-10-12-16)15-32-14-17(19(27)31-7)26-22(30)35-24(4,5)6/h8-12,17-18H,13-15H2,1-7H3,(H,25,29)(H,26,30). The van der Waals surface area contributed by atoms with E-state index in [1.165, 1.54) is 0 Å². The van der Waals surface area contributed by atoms with Crippen molar-refractivity contribution in [3.8, 4) is 0 Å². The SMILES string of the molecule is COC(=O)C(COCC(NC(=O)OCc1ccccc1)C(=O)OC(C)(C)C)NC(=O)OC(C)(C)C. The van der Waals surface area contributed by atoms with Gasteiger partial charge in [0.1, 0.15) is 17.8 Å². The fourth-order valence-electron chi connectivity index (χ4n) is 2.51. The zero-order chi connectivity index (χ0) is 26.6. The lowest BCUT2D eigenvalue weighted by Crippen LogP contribution is -2.49. The quantitative estimate of drug-likeness (QED) is 0.370. The molecule has 11 nitrogen and oxygen atoms in total. The van der Waals surface area contributed by atoms with E-state index in [4.69, 9.17) is 18.9 Å². The molecule has 196 valence electrons. The van der Waals surface area contributed by atoms with Crippen LogP contribution in [0.3, 0.4) is 0 Å². The van der Waals surface area contributed by atoms with Gasteiger partial charge in [-0.25, -0.2) is 19.2 Å². The average Bonchev–Trinajstić information content (AvgIpc) is 2.74. The van der Waals surface area contributed by atoms with Crippen molar-refractivity contribution in [2.24, 2.45) is 0 Å². The Balaban J connectivity index is 2.77. The predicted octanol–water partition coefficient (Wildman–Crippen LogP) is 2.71. The molecular weight excluding hydrogens is 460 g/mol. The van der Waals surface area contributed by atoms with Crippen LogP contribution in [0.15, 0.2) is 30.3 Å².